The largest absolute Gasteiger partial charge is 0.313 e. The lowest BCUT2D eigenvalue weighted by Crippen LogP contribution is -2.35. The maximum absolute atomic E-state index is 3.71. The Morgan fingerprint density at radius 3 is 2.83 bits per heavy atom. The van der Waals surface area contributed by atoms with Crippen LogP contribution in [0.2, 0.25) is 0 Å². The average molecular weight is 263 g/mol. The molecule has 2 rings (SSSR count). The van der Waals surface area contributed by atoms with E-state index in [2.05, 4.69) is 54.3 Å². The lowest BCUT2D eigenvalue weighted by atomic mass is 9.95. The average Bonchev–Trinajstić information content (AvgIpc) is 2.85. The van der Waals surface area contributed by atoms with Crippen molar-refractivity contribution < 1.29 is 0 Å². The van der Waals surface area contributed by atoms with Crippen molar-refractivity contribution in [2.75, 3.05) is 18.1 Å². The first-order chi connectivity index (χ1) is 8.90. The van der Waals surface area contributed by atoms with Crippen molar-refractivity contribution in [3.63, 3.8) is 0 Å². The Morgan fingerprint density at radius 1 is 1.22 bits per heavy atom. The van der Waals surface area contributed by atoms with Gasteiger partial charge in [-0.3, -0.25) is 0 Å². The van der Waals surface area contributed by atoms with Gasteiger partial charge < -0.3 is 5.32 Å². The zero-order valence-corrected chi connectivity index (χ0v) is 12.2. The molecule has 1 aliphatic rings. The molecule has 0 spiro atoms. The molecule has 1 aromatic carbocycles. The summed E-state index contributed by atoms with van der Waals surface area (Å²) >= 11 is 2.12. The Morgan fingerprint density at radius 2 is 2.06 bits per heavy atom. The van der Waals surface area contributed by atoms with Gasteiger partial charge in [-0.15, -0.1) is 0 Å². The minimum absolute atomic E-state index is 0.769. The highest BCUT2D eigenvalue weighted by Crippen LogP contribution is 2.28. The van der Waals surface area contributed by atoms with Crippen molar-refractivity contribution >= 4 is 11.8 Å². The number of aryl methyl sites for hydroxylation is 1. The van der Waals surface area contributed by atoms with Gasteiger partial charge in [0, 0.05) is 11.8 Å². The molecule has 0 aliphatic carbocycles. The molecule has 2 atom stereocenters. The molecule has 1 saturated heterocycles. The molecule has 2 unspecified atom stereocenters. The number of nitrogens with one attached hydrogen (secondary N) is 1. The molecule has 1 aromatic rings. The molecule has 2 heteroatoms. The molecule has 0 saturated carbocycles. The Labute approximate surface area is 116 Å². The zero-order chi connectivity index (χ0) is 12.6. The van der Waals surface area contributed by atoms with E-state index in [4.69, 9.17) is 0 Å². The fourth-order valence-corrected chi connectivity index (χ4v) is 4.13. The van der Waals surface area contributed by atoms with E-state index in [9.17, 15) is 0 Å². The fraction of sp³-hybridized carbons (Fsp3) is 0.625. The third-order valence-electron chi connectivity index (χ3n) is 3.74. The van der Waals surface area contributed by atoms with Gasteiger partial charge in [-0.25, -0.2) is 0 Å². The number of benzene rings is 1. The van der Waals surface area contributed by atoms with Crippen molar-refractivity contribution in [1.82, 2.24) is 5.32 Å². The van der Waals surface area contributed by atoms with Gasteiger partial charge in [0.1, 0.15) is 0 Å². The topological polar surface area (TPSA) is 12.0 Å². The highest BCUT2D eigenvalue weighted by atomic mass is 32.2. The van der Waals surface area contributed by atoms with Crippen LogP contribution in [0.5, 0.6) is 0 Å². The summed E-state index contributed by atoms with van der Waals surface area (Å²) in [4.78, 5) is 0. The second-order valence-corrected chi connectivity index (χ2v) is 6.31. The van der Waals surface area contributed by atoms with E-state index < -0.39 is 0 Å². The predicted octanol–water partition coefficient (Wildman–Crippen LogP) is 3.74. The standard InChI is InChI=1S/C16H25NS/c1-2-11-17-16-13-18-12-15(16)10-6-9-14-7-4-3-5-8-14/h3-5,7-8,15-17H,2,6,9-13H2,1H3. The summed E-state index contributed by atoms with van der Waals surface area (Å²) in [6.45, 7) is 3.43. The van der Waals surface area contributed by atoms with E-state index in [1.165, 1.54) is 49.3 Å². The molecule has 1 nitrogen and oxygen atoms in total. The SMILES string of the molecule is CCCNC1CSCC1CCCc1ccccc1. The van der Waals surface area contributed by atoms with Crippen LogP contribution in [0.4, 0.5) is 0 Å². The molecule has 18 heavy (non-hydrogen) atoms. The van der Waals surface area contributed by atoms with Crippen LogP contribution in [-0.4, -0.2) is 24.1 Å². The molecule has 0 radical (unpaired) electrons. The summed E-state index contributed by atoms with van der Waals surface area (Å²) in [6, 6.07) is 11.7. The highest BCUT2D eigenvalue weighted by Gasteiger charge is 2.26. The quantitative estimate of drug-likeness (QED) is 0.804. The van der Waals surface area contributed by atoms with Gasteiger partial charge in [0.15, 0.2) is 0 Å². The lowest BCUT2D eigenvalue weighted by molar-refractivity contribution is 0.396. The van der Waals surface area contributed by atoms with Gasteiger partial charge in [0.2, 0.25) is 0 Å². The van der Waals surface area contributed by atoms with E-state index in [-0.39, 0.29) is 0 Å². The van der Waals surface area contributed by atoms with Gasteiger partial charge >= 0.3 is 0 Å². The maximum Gasteiger partial charge on any atom is 0.0194 e. The molecular weight excluding hydrogens is 238 g/mol. The van der Waals surface area contributed by atoms with Crippen LogP contribution in [0.1, 0.15) is 31.7 Å². The van der Waals surface area contributed by atoms with E-state index in [1.54, 1.807) is 0 Å². The molecule has 0 aromatic heterocycles. The summed E-state index contributed by atoms with van der Waals surface area (Å²) in [5, 5.41) is 3.71. The number of hydrogen-bond donors (Lipinski definition) is 1. The van der Waals surface area contributed by atoms with E-state index in [0.717, 1.165) is 12.0 Å². The summed E-state index contributed by atoms with van der Waals surface area (Å²) < 4.78 is 0. The Kier molecular flexibility index (Phi) is 6.09. The molecular formula is C16H25NS. The van der Waals surface area contributed by atoms with Crippen molar-refractivity contribution in [2.45, 2.75) is 38.6 Å². The summed E-state index contributed by atoms with van der Waals surface area (Å²) in [5.41, 5.74) is 1.49. The first-order valence-corrected chi connectivity index (χ1v) is 8.40. The van der Waals surface area contributed by atoms with Crippen molar-refractivity contribution in [3.8, 4) is 0 Å². The number of rotatable bonds is 7. The monoisotopic (exact) mass is 263 g/mol. The molecule has 1 aliphatic heterocycles. The van der Waals surface area contributed by atoms with Gasteiger partial charge in [-0.05, 0) is 49.5 Å². The molecule has 1 heterocycles. The molecule has 100 valence electrons. The first kappa shape index (κ1) is 14.0. The molecule has 0 amide bonds. The van der Waals surface area contributed by atoms with Crippen molar-refractivity contribution in [1.29, 1.82) is 0 Å². The van der Waals surface area contributed by atoms with Crippen LogP contribution < -0.4 is 5.32 Å². The van der Waals surface area contributed by atoms with Gasteiger partial charge in [-0.1, -0.05) is 37.3 Å². The van der Waals surface area contributed by atoms with E-state index >= 15 is 0 Å². The third-order valence-corrected chi connectivity index (χ3v) is 5.00. The molecule has 1 N–H and O–H groups in total. The first-order valence-electron chi connectivity index (χ1n) is 7.25. The van der Waals surface area contributed by atoms with Crippen LogP contribution in [0, 0.1) is 5.92 Å². The smallest absolute Gasteiger partial charge is 0.0194 e. The van der Waals surface area contributed by atoms with Gasteiger partial charge in [-0.2, -0.15) is 11.8 Å². The summed E-state index contributed by atoms with van der Waals surface area (Å²) in [5.74, 6) is 3.57. The van der Waals surface area contributed by atoms with Crippen LogP contribution in [0.3, 0.4) is 0 Å². The normalized spacial score (nSPS) is 23.4. The Bertz CT molecular complexity index is 325. The Hall–Kier alpha value is -0.470. The fourth-order valence-electron chi connectivity index (χ4n) is 2.65. The van der Waals surface area contributed by atoms with Crippen LogP contribution in [0.15, 0.2) is 30.3 Å². The number of thioether (sulfide) groups is 1. The third kappa shape index (κ3) is 4.33. The number of hydrogen-bond acceptors (Lipinski definition) is 2. The second kappa shape index (κ2) is 7.85. The van der Waals surface area contributed by atoms with E-state index in [0.29, 0.717) is 0 Å². The van der Waals surface area contributed by atoms with Gasteiger partial charge in [0.05, 0.1) is 0 Å². The molecule has 0 bridgehead atoms. The predicted molar refractivity (Wildman–Crippen MR) is 82.3 cm³/mol. The minimum Gasteiger partial charge on any atom is -0.313 e. The summed E-state index contributed by atoms with van der Waals surface area (Å²) in [6.07, 6.45) is 5.20. The van der Waals surface area contributed by atoms with E-state index in [1.807, 2.05) is 0 Å². The van der Waals surface area contributed by atoms with Gasteiger partial charge in [0.25, 0.3) is 0 Å². The van der Waals surface area contributed by atoms with Crippen LogP contribution in [0.25, 0.3) is 0 Å². The van der Waals surface area contributed by atoms with Crippen molar-refractivity contribution in [2.24, 2.45) is 5.92 Å². The van der Waals surface area contributed by atoms with Crippen LogP contribution in [-0.2, 0) is 6.42 Å². The minimum atomic E-state index is 0.769. The lowest BCUT2D eigenvalue weighted by Gasteiger charge is -2.19. The highest BCUT2D eigenvalue weighted by molar-refractivity contribution is 7.99. The Balaban J connectivity index is 1.69. The molecule has 1 fully saturated rings. The maximum atomic E-state index is 3.71. The second-order valence-electron chi connectivity index (χ2n) is 5.24. The zero-order valence-electron chi connectivity index (χ0n) is 11.4. The van der Waals surface area contributed by atoms with Crippen LogP contribution >= 0.6 is 11.8 Å². The summed E-state index contributed by atoms with van der Waals surface area (Å²) in [7, 11) is 0. The van der Waals surface area contributed by atoms with Crippen molar-refractivity contribution in [3.05, 3.63) is 35.9 Å².